The van der Waals surface area contributed by atoms with Gasteiger partial charge in [0, 0.05) is 23.0 Å². The third-order valence-corrected chi connectivity index (χ3v) is 4.12. The Morgan fingerprint density at radius 3 is 2.89 bits per heavy atom. The maximum atomic E-state index is 12.0. The predicted molar refractivity (Wildman–Crippen MR) is 72.3 cm³/mol. The van der Waals surface area contributed by atoms with Crippen LogP contribution in [0.5, 0.6) is 0 Å². The zero-order chi connectivity index (χ0) is 13.1. The smallest absolute Gasteiger partial charge is 0.261 e. The minimum absolute atomic E-state index is 0.000730. The van der Waals surface area contributed by atoms with Crippen molar-refractivity contribution in [3.05, 3.63) is 21.9 Å². The fourth-order valence-electron chi connectivity index (χ4n) is 2.16. The molecule has 0 bridgehead atoms. The molecule has 1 aromatic rings. The second kappa shape index (κ2) is 5.63. The minimum Gasteiger partial charge on any atom is -0.349 e. The third kappa shape index (κ3) is 3.17. The van der Waals surface area contributed by atoms with Crippen molar-refractivity contribution in [2.24, 2.45) is 0 Å². The maximum Gasteiger partial charge on any atom is 0.261 e. The first-order valence-electron chi connectivity index (χ1n) is 6.20. The molecule has 98 valence electrons. The number of rotatable bonds is 3. The molecule has 2 rings (SSSR count). The lowest BCUT2D eigenvalue weighted by Gasteiger charge is -2.28. The predicted octanol–water partition coefficient (Wildman–Crippen LogP) is 1.82. The van der Waals surface area contributed by atoms with Gasteiger partial charge in [-0.1, -0.05) is 0 Å². The molecule has 2 atom stereocenters. The van der Waals surface area contributed by atoms with E-state index < -0.39 is 0 Å². The van der Waals surface area contributed by atoms with E-state index in [9.17, 15) is 9.59 Å². The Morgan fingerprint density at radius 1 is 1.50 bits per heavy atom. The van der Waals surface area contributed by atoms with Crippen LogP contribution < -0.4 is 10.6 Å². The molecule has 1 amide bonds. The number of hydrogen-bond acceptors (Lipinski definition) is 4. The van der Waals surface area contributed by atoms with Crippen LogP contribution in [0.2, 0.25) is 0 Å². The quantitative estimate of drug-likeness (QED) is 0.821. The molecule has 0 spiro atoms. The molecule has 1 aliphatic rings. The summed E-state index contributed by atoms with van der Waals surface area (Å²) in [5.41, 5.74) is 0.615. The fraction of sp³-hybridized carbons (Fsp3) is 0.538. The second-order valence-electron chi connectivity index (χ2n) is 4.81. The van der Waals surface area contributed by atoms with Gasteiger partial charge in [0.2, 0.25) is 0 Å². The molecule has 0 aromatic carbocycles. The van der Waals surface area contributed by atoms with Crippen LogP contribution >= 0.6 is 11.3 Å². The van der Waals surface area contributed by atoms with Gasteiger partial charge in [0.15, 0.2) is 5.78 Å². The number of piperidine rings is 1. The molecular formula is C13H18N2O2S. The molecule has 1 aliphatic heterocycles. The fourth-order valence-corrected chi connectivity index (χ4v) is 3.01. The lowest BCUT2D eigenvalue weighted by atomic mass is 10.0. The number of Topliss-reactive ketones (excluding diaryl/α,β-unsaturated/α-hetero) is 1. The van der Waals surface area contributed by atoms with Crippen molar-refractivity contribution in [2.75, 3.05) is 6.54 Å². The molecule has 1 fully saturated rings. The van der Waals surface area contributed by atoms with Crippen molar-refractivity contribution in [2.45, 2.75) is 38.8 Å². The lowest BCUT2D eigenvalue weighted by Crippen LogP contribution is -2.46. The van der Waals surface area contributed by atoms with E-state index in [1.807, 2.05) is 0 Å². The minimum atomic E-state index is -0.0633. The molecular weight excluding hydrogens is 248 g/mol. The molecule has 2 heterocycles. The Kier molecular flexibility index (Phi) is 4.14. The standard InChI is InChI=1S/C13H18N2O2S/c1-8-5-11(3-4-14-8)15-13(17)12-6-10(7-18-12)9(2)16/h6-8,11,14H,3-5H2,1-2H3,(H,15,17). The van der Waals surface area contributed by atoms with Gasteiger partial charge in [0.25, 0.3) is 5.91 Å². The number of hydrogen-bond donors (Lipinski definition) is 2. The summed E-state index contributed by atoms with van der Waals surface area (Å²) in [5, 5.41) is 8.13. The van der Waals surface area contributed by atoms with Gasteiger partial charge in [-0.2, -0.15) is 0 Å². The zero-order valence-corrected chi connectivity index (χ0v) is 11.5. The van der Waals surface area contributed by atoms with Crippen LogP contribution in [0.1, 0.15) is 46.7 Å². The van der Waals surface area contributed by atoms with Gasteiger partial charge in [0.05, 0.1) is 4.88 Å². The molecule has 1 saturated heterocycles. The Balaban J connectivity index is 1.96. The summed E-state index contributed by atoms with van der Waals surface area (Å²) in [6, 6.07) is 2.35. The van der Waals surface area contributed by atoms with E-state index in [1.54, 1.807) is 11.4 Å². The molecule has 0 saturated carbocycles. The van der Waals surface area contributed by atoms with E-state index in [-0.39, 0.29) is 17.7 Å². The number of carbonyl (C=O) groups excluding carboxylic acids is 2. The number of nitrogens with one attached hydrogen (secondary N) is 2. The van der Waals surface area contributed by atoms with Gasteiger partial charge in [-0.25, -0.2) is 0 Å². The topological polar surface area (TPSA) is 58.2 Å². The van der Waals surface area contributed by atoms with Crippen LogP contribution in [0.15, 0.2) is 11.4 Å². The second-order valence-corrected chi connectivity index (χ2v) is 5.72. The first-order chi connectivity index (χ1) is 8.56. The third-order valence-electron chi connectivity index (χ3n) is 3.19. The summed E-state index contributed by atoms with van der Waals surface area (Å²) in [7, 11) is 0. The first kappa shape index (κ1) is 13.2. The van der Waals surface area contributed by atoms with Crippen molar-refractivity contribution >= 4 is 23.0 Å². The summed E-state index contributed by atoms with van der Waals surface area (Å²) in [4.78, 5) is 23.8. The highest BCUT2D eigenvalue weighted by molar-refractivity contribution is 7.12. The van der Waals surface area contributed by atoms with Gasteiger partial charge in [-0.05, 0) is 39.3 Å². The Morgan fingerprint density at radius 2 is 2.28 bits per heavy atom. The molecule has 4 nitrogen and oxygen atoms in total. The average molecular weight is 266 g/mol. The van der Waals surface area contributed by atoms with E-state index in [4.69, 9.17) is 0 Å². The number of carbonyl (C=O) groups is 2. The highest BCUT2D eigenvalue weighted by atomic mass is 32.1. The van der Waals surface area contributed by atoms with E-state index in [0.29, 0.717) is 16.5 Å². The summed E-state index contributed by atoms with van der Waals surface area (Å²) >= 11 is 1.33. The van der Waals surface area contributed by atoms with E-state index in [2.05, 4.69) is 17.6 Å². The molecule has 1 aromatic heterocycles. The number of thiophene rings is 1. The van der Waals surface area contributed by atoms with Crippen molar-refractivity contribution < 1.29 is 9.59 Å². The van der Waals surface area contributed by atoms with E-state index in [1.165, 1.54) is 18.3 Å². The number of amides is 1. The molecule has 2 unspecified atom stereocenters. The summed E-state index contributed by atoms with van der Waals surface area (Å²) in [6.07, 6.45) is 1.91. The van der Waals surface area contributed by atoms with E-state index >= 15 is 0 Å². The van der Waals surface area contributed by atoms with Crippen LogP contribution in [-0.2, 0) is 0 Å². The van der Waals surface area contributed by atoms with Crippen LogP contribution in [0.4, 0.5) is 0 Å². The average Bonchev–Trinajstić information content (AvgIpc) is 2.78. The van der Waals surface area contributed by atoms with Crippen molar-refractivity contribution in [3.8, 4) is 0 Å². The monoisotopic (exact) mass is 266 g/mol. The SMILES string of the molecule is CC(=O)c1csc(C(=O)NC2CCNC(C)C2)c1. The number of ketones is 1. The lowest BCUT2D eigenvalue weighted by molar-refractivity contribution is 0.0929. The molecule has 5 heteroatoms. The van der Waals surface area contributed by atoms with Gasteiger partial charge in [0.1, 0.15) is 0 Å². The highest BCUT2D eigenvalue weighted by Crippen LogP contribution is 2.16. The largest absolute Gasteiger partial charge is 0.349 e. The Bertz CT molecular complexity index is 456. The van der Waals surface area contributed by atoms with Crippen LogP contribution in [0.3, 0.4) is 0 Å². The normalized spacial score (nSPS) is 23.7. The van der Waals surface area contributed by atoms with Gasteiger partial charge in [-0.3, -0.25) is 9.59 Å². The van der Waals surface area contributed by atoms with Gasteiger partial charge < -0.3 is 10.6 Å². The zero-order valence-electron chi connectivity index (χ0n) is 10.7. The maximum absolute atomic E-state index is 12.0. The van der Waals surface area contributed by atoms with Crippen molar-refractivity contribution in [3.63, 3.8) is 0 Å². The molecule has 2 N–H and O–H groups in total. The molecule has 18 heavy (non-hydrogen) atoms. The molecule has 0 radical (unpaired) electrons. The van der Waals surface area contributed by atoms with Crippen molar-refractivity contribution in [1.82, 2.24) is 10.6 Å². The summed E-state index contributed by atoms with van der Waals surface area (Å²) in [5.74, 6) is -0.0626. The van der Waals surface area contributed by atoms with E-state index in [0.717, 1.165) is 19.4 Å². The van der Waals surface area contributed by atoms with Crippen LogP contribution in [0.25, 0.3) is 0 Å². The summed E-state index contributed by atoms with van der Waals surface area (Å²) < 4.78 is 0. The first-order valence-corrected chi connectivity index (χ1v) is 7.08. The van der Waals surface area contributed by atoms with Crippen LogP contribution in [-0.4, -0.2) is 30.3 Å². The van der Waals surface area contributed by atoms with Crippen molar-refractivity contribution in [1.29, 1.82) is 0 Å². The Hall–Kier alpha value is -1.20. The van der Waals surface area contributed by atoms with Gasteiger partial charge >= 0.3 is 0 Å². The highest BCUT2D eigenvalue weighted by Gasteiger charge is 2.21. The van der Waals surface area contributed by atoms with Gasteiger partial charge in [-0.15, -0.1) is 11.3 Å². The molecule has 0 aliphatic carbocycles. The Labute approximate surface area is 111 Å². The van der Waals surface area contributed by atoms with Crippen LogP contribution in [0, 0.1) is 0 Å². The summed E-state index contributed by atoms with van der Waals surface area (Å²) in [6.45, 7) is 4.57.